The van der Waals surface area contributed by atoms with Gasteiger partial charge in [-0.3, -0.25) is 0 Å². The fraction of sp³-hybridized carbons (Fsp3) is 0.625. The first-order chi connectivity index (χ1) is 8.89. The van der Waals surface area contributed by atoms with Crippen LogP contribution in [0.15, 0.2) is 22.7 Å². The van der Waals surface area contributed by atoms with E-state index in [4.69, 9.17) is 4.74 Å². The van der Waals surface area contributed by atoms with Crippen LogP contribution in [0.3, 0.4) is 0 Å². The Labute approximate surface area is 126 Å². The second kappa shape index (κ2) is 7.41. The highest BCUT2D eigenvalue weighted by molar-refractivity contribution is 9.10. The van der Waals surface area contributed by atoms with E-state index < -0.39 is 0 Å². The number of rotatable bonds is 7. The summed E-state index contributed by atoms with van der Waals surface area (Å²) >= 11 is 3.62. The fourth-order valence-electron chi connectivity index (χ4n) is 2.05. The molecule has 0 spiro atoms. The van der Waals surface area contributed by atoms with Gasteiger partial charge in [0, 0.05) is 17.6 Å². The molecule has 0 fully saturated rings. The molecule has 1 aromatic rings. The Morgan fingerprint density at radius 1 is 1.37 bits per heavy atom. The van der Waals surface area contributed by atoms with Gasteiger partial charge in [-0.25, -0.2) is 0 Å². The maximum Gasteiger partial charge on any atom is 0.0623 e. The van der Waals surface area contributed by atoms with Crippen molar-refractivity contribution in [2.75, 3.05) is 13.7 Å². The molecule has 0 heterocycles. The van der Waals surface area contributed by atoms with Crippen LogP contribution in [-0.2, 0) is 4.74 Å². The van der Waals surface area contributed by atoms with Crippen LogP contribution in [0.25, 0.3) is 0 Å². The van der Waals surface area contributed by atoms with Gasteiger partial charge >= 0.3 is 0 Å². The van der Waals surface area contributed by atoms with E-state index in [0.717, 1.165) is 19.4 Å². The molecule has 0 radical (unpaired) electrons. The zero-order valence-corrected chi connectivity index (χ0v) is 14.3. The summed E-state index contributed by atoms with van der Waals surface area (Å²) in [5.74, 6) is 0. The Kier molecular flexibility index (Phi) is 6.51. The topological polar surface area (TPSA) is 21.3 Å². The summed E-state index contributed by atoms with van der Waals surface area (Å²) in [7, 11) is 1.78. The molecule has 0 amide bonds. The lowest BCUT2D eigenvalue weighted by Crippen LogP contribution is -2.27. The molecule has 108 valence electrons. The molecule has 0 aliphatic heterocycles. The Morgan fingerprint density at radius 2 is 2.05 bits per heavy atom. The minimum atomic E-state index is -0.0599. The van der Waals surface area contributed by atoms with Crippen molar-refractivity contribution >= 4 is 15.9 Å². The molecular weight excluding hydrogens is 302 g/mol. The normalized spacial score (nSPS) is 13.6. The third kappa shape index (κ3) is 5.25. The van der Waals surface area contributed by atoms with Gasteiger partial charge in [0.05, 0.1) is 5.60 Å². The molecule has 0 aliphatic rings. The molecule has 2 nitrogen and oxygen atoms in total. The van der Waals surface area contributed by atoms with Crippen molar-refractivity contribution < 1.29 is 4.74 Å². The predicted octanol–water partition coefficient (Wildman–Crippen LogP) is 4.61. The predicted molar refractivity (Wildman–Crippen MR) is 85.6 cm³/mol. The lowest BCUT2D eigenvalue weighted by molar-refractivity contribution is 0.0117. The summed E-state index contributed by atoms with van der Waals surface area (Å²) in [4.78, 5) is 0. The number of methoxy groups -OCH3 is 1. The highest BCUT2D eigenvalue weighted by Gasteiger charge is 2.20. The molecule has 0 bridgehead atoms. The van der Waals surface area contributed by atoms with Crippen LogP contribution in [0, 0.1) is 6.92 Å². The van der Waals surface area contributed by atoms with Crippen molar-refractivity contribution in [3.63, 3.8) is 0 Å². The molecule has 1 aromatic carbocycles. The van der Waals surface area contributed by atoms with Crippen molar-refractivity contribution in [3.05, 3.63) is 33.8 Å². The van der Waals surface area contributed by atoms with Gasteiger partial charge in [0.1, 0.15) is 0 Å². The quantitative estimate of drug-likeness (QED) is 0.789. The maximum atomic E-state index is 5.51. The molecule has 1 N–H and O–H groups in total. The van der Waals surface area contributed by atoms with Gasteiger partial charge in [0.2, 0.25) is 0 Å². The van der Waals surface area contributed by atoms with E-state index in [9.17, 15) is 0 Å². The molecule has 0 aromatic heterocycles. The van der Waals surface area contributed by atoms with E-state index in [1.807, 2.05) is 0 Å². The SMILES string of the molecule is CCNC(CCC(C)(C)OC)c1ccc(C)c(Br)c1. The Balaban J connectivity index is 2.79. The molecule has 0 saturated heterocycles. The molecular formula is C16H26BrNO. The van der Waals surface area contributed by atoms with Crippen molar-refractivity contribution in [3.8, 4) is 0 Å². The standard InChI is InChI=1S/C16H26BrNO/c1-6-18-15(9-10-16(3,4)19-5)13-8-7-12(2)14(17)11-13/h7-8,11,15,18H,6,9-10H2,1-5H3. The van der Waals surface area contributed by atoms with Crippen molar-refractivity contribution in [1.82, 2.24) is 5.32 Å². The zero-order chi connectivity index (χ0) is 14.5. The third-order valence-electron chi connectivity index (χ3n) is 3.64. The number of hydrogen-bond acceptors (Lipinski definition) is 2. The minimum absolute atomic E-state index is 0.0599. The van der Waals surface area contributed by atoms with E-state index >= 15 is 0 Å². The van der Waals surface area contributed by atoms with Crippen LogP contribution in [0.2, 0.25) is 0 Å². The fourth-order valence-corrected chi connectivity index (χ4v) is 2.45. The largest absolute Gasteiger partial charge is 0.379 e. The number of nitrogens with one attached hydrogen (secondary N) is 1. The zero-order valence-electron chi connectivity index (χ0n) is 12.7. The molecule has 3 heteroatoms. The minimum Gasteiger partial charge on any atom is -0.379 e. The lowest BCUT2D eigenvalue weighted by atomic mass is 9.94. The van der Waals surface area contributed by atoms with Crippen molar-refractivity contribution in [1.29, 1.82) is 0 Å². The van der Waals surface area contributed by atoms with Crippen LogP contribution in [-0.4, -0.2) is 19.3 Å². The van der Waals surface area contributed by atoms with E-state index in [1.165, 1.54) is 15.6 Å². The highest BCUT2D eigenvalue weighted by Crippen LogP contribution is 2.27. The summed E-state index contributed by atoms with van der Waals surface area (Å²) in [6.07, 6.45) is 2.11. The Hall–Kier alpha value is -0.380. The monoisotopic (exact) mass is 327 g/mol. The summed E-state index contributed by atoms with van der Waals surface area (Å²) in [5, 5.41) is 3.57. The van der Waals surface area contributed by atoms with Gasteiger partial charge in [0.15, 0.2) is 0 Å². The Morgan fingerprint density at radius 3 is 2.58 bits per heavy atom. The first kappa shape index (κ1) is 16.7. The van der Waals surface area contributed by atoms with Crippen LogP contribution in [0.1, 0.15) is 50.8 Å². The average molecular weight is 328 g/mol. The first-order valence-corrected chi connectivity index (χ1v) is 7.73. The molecule has 19 heavy (non-hydrogen) atoms. The average Bonchev–Trinajstić information content (AvgIpc) is 2.38. The summed E-state index contributed by atoms with van der Waals surface area (Å²) in [6.45, 7) is 9.52. The van der Waals surface area contributed by atoms with Gasteiger partial charge in [-0.2, -0.15) is 0 Å². The summed E-state index contributed by atoms with van der Waals surface area (Å²) < 4.78 is 6.69. The molecule has 0 saturated carbocycles. The van der Waals surface area contributed by atoms with Crippen molar-refractivity contribution in [2.24, 2.45) is 0 Å². The van der Waals surface area contributed by atoms with Crippen LogP contribution < -0.4 is 5.32 Å². The first-order valence-electron chi connectivity index (χ1n) is 6.94. The number of benzene rings is 1. The van der Waals surface area contributed by atoms with Gasteiger partial charge < -0.3 is 10.1 Å². The van der Waals surface area contributed by atoms with Gasteiger partial charge in [-0.15, -0.1) is 0 Å². The molecule has 1 atom stereocenters. The van der Waals surface area contributed by atoms with Crippen LogP contribution in [0.5, 0.6) is 0 Å². The second-order valence-electron chi connectivity index (χ2n) is 5.62. The summed E-state index contributed by atoms with van der Waals surface area (Å²) in [6, 6.07) is 7.00. The van der Waals surface area contributed by atoms with Gasteiger partial charge in [0.25, 0.3) is 0 Å². The third-order valence-corrected chi connectivity index (χ3v) is 4.49. The van der Waals surface area contributed by atoms with Crippen molar-refractivity contribution in [2.45, 2.75) is 52.2 Å². The molecule has 1 unspecified atom stereocenters. The molecule has 0 aliphatic carbocycles. The van der Waals surface area contributed by atoms with Crippen LogP contribution >= 0.6 is 15.9 Å². The van der Waals surface area contributed by atoms with E-state index in [-0.39, 0.29) is 5.60 Å². The van der Waals surface area contributed by atoms with Crippen LogP contribution in [0.4, 0.5) is 0 Å². The Bertz CT molecular complexity index is 404. The molecule has 1 rings (SSSR count). The number of hydrogen-bond donors (Lipinski definition) is 1. The van der Waals surface area contributed by atoms with Gasteiger partial charge in [-0.05, 0) is 57.4 Å². The highest BCUT2D eigenvalue weighted by atomic mass is 79.9. The van der Waals surface area contributed by atoms with E-state index in [1.54, 1.807) is 7.11 Å². The second-order valence-corrected chi connectivity index (χ2v) is 6.48. The summed E-state index contributed by atoms with van der Waals surface area (Å²) in [5.41, 5.74) is 2.55. The van der Waals surface area contributed by atoms with E-state index in [0.29, 0.717) is 6.04 Å². The number of halogens is 1. The van der Waals surface area contributed by atoms with E-state index in [2.05, 4.69) is 67.1 Å². The van der Waals surface area contributed by atoms with Gasteiger partial charge in [-0.1, -0.05) is 35.0 Å². The number of ether oxygens (including phenoxy) is 1. The maximum absolute atomic E-state index is 5.51. The lowest BCUT2D eigenvalue weighted by Gasteiger charge is -2.26. The smallest absolute Gasteiger partial charge is 0.0623 e. The number of aryl methyl sites for hydroxylation is 1.